The van der Waals surface area contributed by atoms with Gasteiger partial charge in [0.2, 0.25) is 11.8 Å². The van der Waals surface area contributed by atoms with Gasteiger partial charge in [-0.2, -0.15) is 10.1 Å². The number of piperidine rings is 3. The van der Waals surface area contributed by atoms with E-state index in [0.717, 1.165) is 30.1 Å². The van der Waals surface area contributed by atoms with Gasteiger partial charge in [0.25, 0.3) is 0 Å². The monoisotopic (exact) mass is 379 g/mol. The number of fused-ring (bicyclic) bond motifs is 3. The number of amides is 1. The van der Waals surface area contributed by atoms with Crippen LogP contribution >= 0.6 is 0 Å². The van der Waals surface area contributed by atoms with Crippen LogP contribution < -0.4 is 0 Å². The summed E-state index contributed by atoms with van der Waals surface area (Å²) in [6, 6.07) is 10.0. The Morgan fingerprint density at radius 1 is 1.14 bits per heavy atom. The van der Waals surface area contributed by atoms with Crippen LogP contribution in [0.2, 0.25) is 0 Å². The number of carbonyl (C=O) groups is 1. The first-order chi connectivity index (χ1) is 13.8. The summed E-state index contributed by atoms with van der Waals surface area (Å²) >= 11 is 0. The van der Waals surface area contributed by atoms with E-state index < -0.39 is 0 Å². The number of aryl methyl sites for hydroxylation is 1. The highest BCUT2D eigenvalue weighted by Gasteiger charge is 2.37. The quantitative estimate of drug-likeness (QED) is 0.798. The summed E-state index contributed by atoms with van der Waals surface area (Å²) in [5.41, 5.74) is 2.05. The Hall–Kier alpha value is -2.54. The molecule has 3 saturated heterocycles. The van der Waals surface area contributed by atoms with Crippen LogP contribution in [0.3, 0.4) is 0 Å². The molecular formula is C21H25N5O2. The lowest BCUT2D eigenvalue weighted by atomic mass is 9.79. The Labute approximate surface area is 164 Å². The van der Waals surface area contributed by atoms with E-state index in [1.54, 1.807) is 5.01 Å². The Kier molecular flexibility index (Phi) is 4.68. The first kappa shape index (κ1) is 17.6. The molecule has 7 nitrogen and oxygen atoms in total. The molecule has 4 aliphatic heterocycles. The van der Waals surface area contributed by atoms with Crippen molar-refractivity contribution in [2.45, 2.75) is 38.0 Å². The summed E-state index contributed by atoms with van der Waals surface area (Å²) in [5, 5.41) is 10.3. The van der Waals surface area contributed by atoms with Gasteiger partial charge in [-0.05, 0) is 37.4 Å². The van der Waals surface area contributed by atoms with E-state index in [9.17, 15) is 4.79 Å². The number of hydrazone groups is 1. The van der Waals surface area contributed by atoms with Crippen LogP contribution in [0.25, 0.3) is 0 Å². The van der Waals surface area contributed by atoms with Crippen LogP contribution in [-0.4, -0.2) is 57.8 Å². The molecule has 6 rings (SSSR count). The minimum Gasteiger partial charge on any atom is -0.339 e. The van der Waals surface area contributed by atoms with Gasteiger partial charge in [0, 0.05) is 31.7 Å². The molecule has 28 heavy (non-hydrogen) atoms. The van der Waals surface area contributed by atoms with Crippen molar-refractivity contribution < 1.29 is 9.32 Å². The van der Waals surface area contributed by atoms with E-state index in [2.05, 4.69) is 20.1 Å². The topological polar surface area (TPSA) is 74.8 Å². The molecule has 0 radical (unpaired) electrons. The highest BCUT2D eigenvalue weighted by Crippen LogP contribution is 2.37. The number of nitrogens with zero attached hydrogens (tertiary/aromatic N) is 5. The molecule has 5 heterocycles. The molecule has 2 aromatic rings. The second kappa shape index (κ2) is 7.47. The maximum atomic E-state index is 12.5. The third-order valence-corrected chi connectivity index (χ3v) is 6.22. The molecule has 1 aromatic heterocycles. The van der Waals surface area contributed by atoms with Crippen LogP contribution in [0.1, 0.15) is 48.9 Å². The van der Waals surface area contributed by atoms with Crippen molar-refractivity contribution in [3.8, 4) is 0 Å². The smallest absolute Gasteiger partial charge is 0.243 e. The van der Waals surface area contributed by atoms with E-state index >= 15 is 0 Å². The summed E-state index contributed by atoms with van der Waals surface area (Å²) in [6.45, 7) is 4.06. The summed E-state index contributed by atoms with van der Waals surface area (Å²) < 4.78 is 5.44. The standard InChI is InChI=1S/C21H25N5O2/c27-20(26-13-10-18(23-26)16-4-2-1-3-5-16)7-6-19-22-21(24-28-19)17-14-25-11-8-15(17)9-12-25/h1-5,15,17H,6-14H2. The fourth-order valence-corrected chi connectivity index (χ4v) is 4.59. The van der Waals surface area contributed by atoms with E-state index in [4.69, 9.17) is 4.52 Å². The molecule has 146 valence electrons. The fraction of sp³-hybridized carbons (Fsp3) is 0.524. The minimum absolute atomic E-state index is 0.00788. The van der Waals surface area contributed by atoms with E-state index in [0.29, 0.717) is 37.1 Å². The second-order valence-corrected chi connectivity index (χ2v) is 7.97. The van der Waals surface area contributed by atoms with Crippen LogP contribution in [0.15, 0.2) is 40.0 Å². The highest BCUT2D eigenvalue weighted by atomic mass is 16.5. The van der Waals surface area contributed by atoms with Crippen molar-refractivity contribution in [2.75, 3.05) is 26.2 Å². The molecule has 1 atom stereocenters. The lowest BCUT2D eigenvalue weighted by Gasteiger charge is -2.43. The van der Waals surface area contributed by atoms with Crippen molar-refractivity contribution in [3.63, 3.8) is 0 Å². The first-order valence-corrected chi connectivity index (χ1v) is 10.2. The second-order valence-electron chi connectivity index (χ2n) is 7.97. The van der Waals surface area contributed by atoms with Crippen molar-refractivity contribution in [1.82, 2.24) is 20.0 Å². The third kappa shape index (κ3) is 3.46. The number of aromatic nitrogens is 2. The first-order valence-electron chi connectivity index (χ1n) is 10.2. The van der Waals surface area contributed by atoms with Crippen molar-refractivity contribution in [2.24, 2.45) is 11.0 Å². The van der Waals surface area contributed by atoms with Crippen LogP contribution in [0, 0.1) is 5.92 Å². The van der Waals surface area contributed by atoms with Crippen molar-refractivity contribution in [3.05, 3.63) is 47.6 Å². The summed E-state index contributed by atoms with van der Waals surface area (Å²) in [7, 11) is 0. The third-order valence-electron chi connectivity index (χ3n) is 6.22. The molecule has 1 amide bonds. The number of rotatable bonds is 5. The number of benzene rings is 1. The van der Waals surface area contributed by atoms with Crippen molar-refractivity contribution in [1.29, 1.82) is 0 Å². The summed E-state index contributed by atoms with van der Waals surface area (Å²) in [5.74, 6) is 2.45. The zero-order valence-electron chi connectivity index (χ0n) is 16.0. The van der Waals surface area contributed by atoms with Gasteiger partial charge < -0.3 is 9.42 Å². The summed E-state index contributed by atoms with van der Waals surface area (Å²) in [6.07, 6.45) is 4.06. The zero-order chi connectivity index (χ0) is 18.9. The molecule has 4 aliphatic rings. The Balaban J connectivity index is 1.18. The fourth-order valence-electron chi connectivity index (χ4n) is 4.59. The molecule has 1 aromatic carbocycles. The average molecular weight is 379 g/mol. The molecule has 3 fully saturated rings. The highest BCUT2D eigenvalue weighted by molar-refractivity contribution is 6.02. The largest absolute Gasteiger partial charge is 0.339 e. The molecule has 0 saturated carbocycles. The lowest BCUT2D eigenvalue weighted by molar-refractivity contribution is -0.130. The Morgan fingerprint density at radius 2 is 1.96 bits per heavy atom. The Morgan fingerprint density at radius 3 is 2.71 bits per heavy atom. The van der Waals surface area contributed by atoms with Gasteiger partial charge in [-0.25, -0.2) is 5.01 Å². The van der Waals surface area contributed by atoms with E-state index in [1.165, 1.54) is 25.9 Å². The minimum atomic E-state index is 0.00788. The number of hydrogen-bond acceptors (Lipinski definition) is 6. The van der Waals surface area contributed by atoms with Gasteiger partial charge in [0.05, 0.1) is 12.3 Å². The van der Waals surface area contributed by atoms with Gasteiger partial charge in [-0.15, -0.1) is 0 Å². The van der Waals surface area contributed by atoms with E-state index in [-0.39, 0.29) is 5.91 Å². The molecule has 1 unspecified atom stereocenters. The molecule has 2 bridgehead atoms. The molecule has 0 N–H and O–H groups in total. The van der Waals surface area contributed by atoms with Gasteiger partial charge in [0.15, 0.2) is 5.82 Å². The van der Waals surface area contributed by atoms with Crippen LogP contribution in [-0.2, 0) is 11.2 Å². The SMILES string of the molecule is O=C(CCc1nc(C2CN3CCC2CC3)no1)N1CCC(c2ccccc2)=N1. The predicted octanol–water partition coefficient (Wildman–Crippen LogP) is 2.45. The maximum Gasteiger partial charge on any atom is 0.243 e. The lowest BCUT2D eigenvalue weighted by Crippen LogP contribution is -2.46. The van der Waals surface area contributed by atoms with Gasteiger partial charge in [0.1, 0.15) is 0 Å². The average Bonchev–Trinajstić information content (AvgIpc) is 3.44. The zero-order valence-corrected chi connectivity index (χ0v) is 16.0. The number of hydrogen-bond donors (Lipinski definition) is 0. The van der Waals surface area contributed by atoms with Gasteiger partial charge in [-0.3, -0.25) is 4.79 Å². The van der Waals surface area contributed by atoms with Crippen LogP contribution in [0.4, 0.5) is 0 Å². The van der Waals surface area contributed by atoms with E-state index in [1.807, 2.05) is 30.3 Å². The Bertz CT molecular complexity index is 870. The normalized spacial score (nSPS) is 26.5. The number of carbonyl (C=O) groups excluding carboxylic acids is 1. The molecule has 7 heteroatoms. The molecular weight excluding hydrogens is 354 g/mol. The maximum absolute atomic E-state index is 12.5. The molecule has 0 aliphatic carbocycles. The summed E-state index contributed by atoms with van der Waals surface area (Å²) in [4.78, 5) is 19.6. The van der Waals surface area contributed by atoms with Crippen LogP contribution in [0.5, 0.6) is 0 Å². The van der Waals surface area contributed by atoms with Gasteiger partial charge >= 0.3 is 0 Å². The van der Waals surface area contributed by atoms with Crippen molar-refractivity contribution >= 4 is 11.6 Å². The van der Waals surface area contributed by atoms with Gasteiger partial charge in [-0.1, -0.05) is 35.5 Å². The predicted molar refractivity (Wildman–Crippen MR) is 104 cm³/mol. The molecule has 0 spiro atoms.